The molecule has 1 aromatic rings. The highest BCUT2D eigenvalue weighted by atomic mass is 32.2. The highest BCUT2D eigenvalue weighted by molar-refractivity contribution is 7.89. The van der Waals surface area contributed by atoms with Crippen molar-refractivity contribution in [1.82, 2.24) is 14.5 Å². The minimum absolute atomic E-state index is 0.00376. The maximum Gasteiger partial charge on any atom is 0.253 e. The third-order valence-electron chi connectivity index (χ3n) is 6.45. The van der Waals surface area contributed by atoms with Gasteiger partial charge in [0.25, 0.3) is 5.91 Å². The topological polar surface area (TPSA) is 86.8 Å². The quantitative estimate of drug-likeness (QED) is 0.723. The summed E-state index contributed by atoms with van der Waals surface area (Å²) in [5.41, 5.74) is 0.468. The minimum Gasteiger partial charge on any atom is -0.351 e. The second-order valence-electron chi connectivity index (χ2n) is 9.09. The Labute approximate surface area is 186 Å². The van der Waals surface area contributed by atoms with E-state index in [0.717, 1.165) is 38.5 Å². The molecule has 1 aliphatic carbocycles. The highest BCUT2D eigenvalue weighted by Gasteiger charge is 2.30. The van der Waals surface area contributed by atoms with Crippen LogP contribution in [-0.4, -0.2) is 61.7 Å². The number of amides is 2. The maximum atomic E-state index is 13.0. The lowest BCUT2D eigenvalue weighted by Crippen LogP contribution is -2.50. The van der Waals surface area contributed by atoms with Crippen LogP contribution < -0.4 is 5.32 Å². The number of carbonyl (C=O) groups excluding carboxylic acids is 2. The molecule has 1 heterocycles. The van der Waals surface area contributed by atoms with Gasteiger partial charge in [-0.2, -0.15) is 4.31 Å². The summed E-state index contributed by atoms with van der Waals surface area (Å²) < 4.78 is 27.5. The summed E-state index contributed by atoms with van der Waals surface area (Å²) in [5, 5.41) is 3.01. The van der Waals surface area contributed by atoms with E-state index in [1.807, 2.05) is 13.8 Å². The first-order valence-electron chi connectivity index (χ1n) is 11.4. The Kier molecular flexibility index (Phi) is 7.75. The Morgan fingerprint density at radius 3 is 2.29 bits per heavy atom. The van der Waals surface area contributed by atoms with Crippen LogP contribution >= 0.6 is 0 Å². The average molecular weight is 450 g/mol. The minimum atomic E-state index is -3.58. The van der Waals surface area contributed by atoms with Crippen molar-refractivity contribution >= 4 is 21.8 Å². The normalized spacial score (nSPS) is 20.8. The van der Waals surface area contributed by atoms with Crippen molar-refractivity contribution in [1.29, 1.82) is 0 Å². The zero-order chi connectivity index (χ0) is 22.6. The van der Waals surface area contributed by atoms with Gasteiger partial charge in [-0.15, -0.1) is 0 Å². The Morgan fingerprint density at radius 1 is 1.03 bits per heavy atom. The van der Waals surface area contributed by atoms with Crippen LogP contribution in [-0.2, 0) is 14.8 Å². The van der Waals surface area contributed by atoms with E-state index in [0.29, 0.717) is 18.7 Å². The lowest BCUT2D eigenvalue weighted by Gasteiger charge is -2.33. The van der Waals surface area contributed by atoms with E-state index in [2.05, 4.69) is 5.32 Å². The first-order chi connectivity index (χ1) is 14.7. The second-order valence-corrected chi connectivity index (χ2v) is 11.1. The summed E-state index contributed by atoms with van der Waals surface area (Å²) >= 11 is 0. The standard InChI is InChI=1S/C23H35N3O4S/c1-17(2)22(27)24-19-8-7-15-26(16-19)23(28)18-11-13-21(14-12-18)31(29,30)25(3)20-9-5-4-6-10-20/h11-14,17,19-20H,4-10,15-16H2,1-3H3,(H,24,27). The molecule has 1 saturated carbocycles. The molecule has 1 aliphatic heterocycles. The summed E-state index contributed by atoms with van der Waals surface area (Å²) in [5.74, 6) is -0.226. The van der Waals surface area contributed by atoms with Gasteiger partial charge in [0, 0.05) is 43.7 Å². The number of nitrogens with one attached hydrogen (secondary N) is 1. The zero-order valence-corrected chi connectivity index (χ0v) is 19.7. The predicted octanol–water partition coefficient (Wildman–Crippen LogP) is 3.02. The fourth-order valence-electron chi connectivity index (χ4n) is 4.41. The van der Waals surface area contributed by atoms with Gasteiger partial charge in [0.05, 0.1) is 4.90 Å². The van der Waals surface area contributed by atoms with E-state index in [9.17, 15) is 18.0 Å². The van der Waals surface area contributed by atoms with Crippen molar-refractivity contribution < 1.29 is 18.0 Å². The van der Waals surface area contributed by atoms with Crippen LogP contribution in [0.2, 0.25) is 0 Å². The average Bonchev–Trinajstić information content (AvgIpc) is 2.78. The van der Waals surface area contributed by atoms with Crippen molar-refractivity contribution in [2.45, 2.75) is 75.8 Å². The number of benzene rings is 1. The van der Waals surface area contributed by atoms with Crippen molar-refractivity contribution in [3.63, 3.8) is 0 Å². The van der Waals surface area contributed by atoms with E-state index < -0.39 is 10.0 Å². The van der Waals surface area contributed by atoms with Crippen LogP contribution in [0.25, 0.3) is 0 Å². The summed E-state index contributed by atoms with van der Waals surface area (Å²) in [4.78, 5) is 26.9. The molecule has 0 spiro atoms. The first kappa shape index (κ1) is 23.7. The van der Waals surface area contributed by atoms with E-state index in [1.165, 1.54) is 22.9 Å². The number of hydrogen-bond acceptors (Lipinski definition) is 4. The fourth-order valence-corrected chi connectivity index (χ4v) is 5.82. The zero-order valence-electron chi connectivity index (χ0n) is 18.8. The van der Waals surface area contributed by atoms with Crippen molar-refractivity contribution in [2.24, 2.45) is 5.92 Å². The van der Waals surface area contributed by atoms with Gasteiger partial charge in [-0.1, -0.05) is 33.1 Å². The molecule has 1 atom stereocenters. The summed E-state index contributed by atoms with van der Waals surface area (Å²) in [6.07, 6.45) is 6.77. The summed E-state index contributed by atoms with van der Waals surface area (Å²) in [6.45, 7) is 4.81. The van der Waals surface area contributed by atoms with Gasteiger partial charge in [-0.3, -0.25) is 9.59 Å². The molecule has 2 amide bonds. The molecule has 2 aliphatic rings. The van der Waals surface area contributed by atoms with E-state index in [-0.39, 0.29) is 34.7 Å². The van der Waals surface area contributed by atoms with Crippen molar-refractivity contribution in [3.8, 4) is 0 Å². The Balaban J connectivity index is 1.66. The Hall–Kier alpha value is -1.93. The van der Waals surface area contributed by atoms with E-state index in [4.69, 9.17) is 0 Å². The first-order valence-corrected chi connectivity index (χ1v) is 12.8. The van der Waals surface area contributed by atoms with Crippen molar-refractivity contribution in [3.05, 3.63) is 29.8 Å². The van der Waals surface area contributed by atoms with Crippen molar-refractivity contribution in [2.75, 3.05) is 20.1 Å². The number of likely N-dealkylation sites (tertiary alicyclic amines) is 1. The molecule has 1 unspecified atom stereocenters. The van der Waals surface area contributed by atoms with Gasteiger partial charge < -0.3 is 10.2 Å². The molecule has 1 aromatic carbocycles. The van der Waals surface area contributed by atoms with Gasteiger partial charge in [-0.25, -0.2) is 8.42 Å². The van der Waals surface area contributed by atoms with E-state index in [1.54, 1.807) is 24.1 Å². The van der Waals surface area contributed by atoms with Crippen LogP contribution in [0.4, 0.5) is 0 Å². The third kappa shape index (κ3) is 5.66. The molecular formula is C23H35N3O4S. The molecule has 0 radical (unpaired) electrons. The van der Waals surface area contributed by atoms with Crippen LogP contribution in [0, 0.1) is 5.92 Å². The van der Waals surface area contributed by atoms with Gasteiger partial charge in [0.15, 0.2) is 0 Å². The van der Waals surface area contributed by atoms with E-state index >= 15 is 0 Å². The number of sulfonamides is 1. The van der Waals surface area contributed by atoms with Crippen LogP contribution in [0.1, 0.15) is 69.2 Å². The lowest BCUT2D eigenvalue weighted by atomic mass is 9.96. The molecule has 3 rings (SSSR count). The molecule has 0 bridgehead atoms. The van der Waals surface area contributed by atoms with Crippen LogP contribution in [0.15, 0.2) is 29.2 Å². The van der Waals surface area contributed by atoms with Gasteiger partial charge in [0.2, 0.25) is 15.9 Å². The molecular weight excluding hydrogens is 414 g/mol. The van der Waals surface area contributed by atoms with Crippen LogP contribution in [0.5, 0.6) is 0 Å². The summed E-state index contributed by atoms with van der Waals surface area (Å²) in [6, 6.07) is 6.26. The molecule has 0 aromatic heterocycles. The van der Waals surface area contributed by atoms with Crippen LogP contribution in [0.3, 0.4) is 0 Å². The molecule has 1 N–H and O–H groups in total. The number of hydrogen-bond donors (Lipinski definition) is 1. The summed E-state index contributed by atoms with van der Waals surface area (Å²) in [7, 11) is -1.92. The molecule has 31 heavy (non-hydrogen) atoms. The molecule has 8 heteroatoms. The smallest absolute Gasteiger partial charge is 0.253 e. The van der Waals surface area contributed by atoms with Gasteiger partial charge in [0.1, 0.15) is 0 Å². The molecule has 7 nitrogen and oxygen atoms in total. The largest absolute Gasteiger partial charge is 0.351 e. The Bertz CT molecular complexity index is 877. The molecule has 172 valence electrons. The third-order valence-corrected chi connectivity index (χ3v) is 8.37. The lowest BCUT2D eigenvalue weighted by molar-refractivity contribution is -0.125. The van der Waals surface area contributed by atoms with Gasteiger partial charge in [-0.05, 0) is 49.9 Å². The second kappa shape index (κ2) is 10.1. The highest BCUT2D eigenvalue weighted by Crippen LogP contribution is 2.26. The molecule has 2 fully saturated rings. The maximum absolute atomic E-state index is 13.0. The Morgan fingerprint density at radius 2 is 1.68 bits per heavy atom. The number of nitrogens with zero attached hydrogens (tertiary/aromatic N) is 2. The monoisotopic (exact) mass is 449 g/mol. The number of carbonyl (C=O) groups is 2. The fraction of sp³-hybridized carbons (Fsp3) is 0.652. The molecule has 1 saturated heterocycles. The SMILES string of the molecule is CC(C)C(=O)NC1CCCN(C(=O)c2ccc(S(=O)(=O)N(C)C3CCCCC3)cc2)C1. The van der Waals surface area contributed by atoms with Gasteiger partial charge >= 0.3 is 0 Å². The predicted molar refractivity (Wildman–Crippen MR) is 120 cm³/mol. The number of rotatable bonds is 6. The number of piperidine rings is 1.